The molecule has 1 aromatic carbocycles. The predicted molar refractivity (Wildman–Crippen MR) is 104 cm³/mol. The predicted octanol–water partition coefficient (Wildman–Crippen LogP) is 1.69. The Labute approximate surface area is 171 Å². The molecule has 148 valence electrons. The normalized spacial score (nSPS) is 27.4. The Morgan fingerprint density at radius 1 is 1.18 bits per heavy atom. The van der Waals surface area contributed by atoms with E-state index in [4.69, 9.17) is 28.6 Å². The van der Waals surface area contributed by atoms with Crippen LogP contribution in [-0.2, 0) is 4.74 Å². The van der Waals surface area contributed by atoms with Crippen molar-refractivity contribution in [2.24, 2.45) is 0 Å². The highest BCUT2D eigenvalue weighted by atomic mass is 35.5. The summed E-state index contributed by atoms with van der Waals surface area (Å²) in [6.45, 7) is 1.17. The van der Waals surface area contributed by atoms with Gasteiger partial charge >= 0.3 is 0 Å². The summed E-state index contributed by atoms with van der Waals surface area (Å²) in [6.07, 6.45) is -6.77. The van der Waals surface area contributed by atoms with Gasteiger partial charge in [0.2, 0.25) is 0 Å². The molecular formula is C19H19ClN2O5S. The van der Waals surface area contributed by atoms with Crippen molar-refractivity contribution < 1.29 is 25.2 Å². The number of pyridine rings is 1. The van der Waals surface area contributed by atoms with Crippen molar-refractivity contribution >= 4 is 23.8 Å². The lowest BCUT2D eigenvalue weighted by Crippen LogP contribution is -2.56. The molecule has 0 saturated carbocycles. The summed E-state index contributed by atoms with van der Waals surface area (Å²) < 4.78 is 7.12. The van der Waals surface area contributed by atoms with Crippen LogP contribution >= 0.6 is 23.8 Å². The summed E-state index contributed by atoms with van der Waals surface area (Å²) in [5, 5.41) is 50.2. The maximum atomic E-state index is 10.4. The molecule has 4 N–H and O–H groups in total. The Morgan fingerprint density at radius 2 is 1.82 bits per heavy atom. The number of aryl methyl sites for hydroxylation is 1. The summed E-state index contributed by atoms with van der Waals surface area (Å²) in [5.41, 5.74) is 2.11. The maximum absolute atomic E-state index is 10.4. The first-order valence-electron chi connectivity index (χ1n) is 8.52. The van der Waals surface area contributed by atoms with Crippen molar-refractivity contribution in [2.75, 3.05) is 6.61 Å². The van der Waals surface area contributed by atoms with Gasteiger partial charge < -0.3 is 29.7 Å². The number of benzene rings is 1. The number of aliphatic hydroxyl groups is 4. The number of nitrogens with zero attached hydrogens (tertiary/aromatic N) is 2. The van der Waals surface area contributed by atoms with Gasteiger partial charge in [-0.05, 0) is 30.7 Å². The number of aromatic nitrogens is 1. The SMILES string of the molecule is Cc1cc(-c2ccc(Cl)cc2)c(C#N)c(=S)n1[C@@H]1O[C@@H](CO)[C@@H](O)[C@@H](O)[C@@H]1O. The lowest BCUT2D eigenvalue weighted by molar-refractivity contribution is -0.252. The zero-order valence-corrected chi connectivity index (χ0v) is 16.4. The summed E-state index contributed by atoms with van der Waals surface area (Å²) in [4.78, 5) is 0. The highest BCUT2D eigenvalue weighted by Crippen LogP contribution is 2.33. The molecule has 9 heteroatoms. The second-order valence-electron chi connectivity index (χ2n) is 6.59. The smallest absolute Gasteiger partial charge is 0.164 e. The van der Waals surface area contributed by atoms with Crippen LogP contribution in [0.25, 0.3) is 11.1 Å². The van der Waals surface area contributed by atoms with E-state index in [0.29, 0.717) is 16.3 Å². The monoisotopic (exact) mass is 422 g/mol. The van der Waals surface area contributed by atoms with Gasteiger partial charge in [-0.15, -0.1) is 0 Å². The Balaban J connectivity index is 2.14. The largest absolute Gasteiger partial charge is 0.394 e. The molecule has 0 aliphatic carbocycles. The van der Waals surface area contributed by atoms with E-state index in [2.05, 4.69) is 6.07 Å². The third kappa shape index (κ3) is 3.58. The van der Waals surface area contributed by atoms with Gasteiger partial charge in [0, 0.05) is 16.3 Å². The minimum absolute atomic E-state index is 0.108. The third-order valence-electron chi connectivity index (χ3n) is 4.82. The summed E-state index contributed by atoms with van der Waals surface area (Å²) >= 11 is 11.4. The molecule has 2 aromatic rings. The Bertz CT molecular complexity index is 970. The highest BCUT2D eigenvalue weighted by Gasteiger charge is 2.44. The van der Waals surface area contributed by atoms with Gasteiger partial charge in [0.1, 0.15) is 35.1 Å². The van der Waals surface area contributed by atoms with E-state index in [1.165, 1.54) is 4.57 Å². The number of hydrogen-bond donors (Lipinski definition) is 4. The van der Waals surface area contributed by atoms with Gasteiger partial charge in [-0.3, -0.25) is 0 Å². The van der Waals surface area contributed by atoms with Crippen LogP contribution in [0.4, 0.5) is 0 Å². The lowest BCUT2D eigenvalue weighted by atomic mass is 9.97. The standard InChI is InChI=1S/C19H19ClN2O5S/c1-9-6-12(10-2-4-11(20)5-3-10)13(7-21)19(28)22(9)18-17(26)16(25)15(24)14(8-23)27-18/h2-6,14-18,23-26H,8H2,1H3/t14-,15+,16+,17-,18+/m0/s1. The molecule has 28 heavy (non-hydrogen) atoms. The molecule has 5 atom stereocenters. The average Bonchev–Trinajstić information content (AvgIpc) is 2.68. The Morgan fingerprint density at radius 3 is 2.39 bits per heavy atom. The van der Waals surface area contributed by atoms with Crippen LogP contribution in [0.1, 0.15) is 17.5 Å². The fraction of sp³-hybridized carbons (Fsp3) is 0.368. The molecule has 1 fully saturated rings. The van der Waals surface area contributed by atoms with E-state index >= 15 is 0 Å². The van der Waals surface area contributed by atoms with Crippen molar-refractivity contribution in [3.8, 4) is 17.2 Å². The van der Waals surface area contributed by atoms with Gasteiger partial charge in [0.05, 0.1) is 12.2 Å². The zero-order valence-electron chi connectivity index (χ0n) is 14.9. The van der Waals surface area contributed by atoms with Crippen LogP contribution < -0.4 is 0 Å². The van der Waals surface area contributed by atoms with Crippen LogP contribution in [0.15, 0.2) is 30.3 Å². The second-order valence-corrected chi connectivity index (χ2v) is 7.41. The highest BCUT2D eigenvalue weighted by molar-refractivity contribution is 7.71. The fourth-order valence-corrected chi connectivity index (χ4v) is 3.85. The number of halogens is 1. The van der Waals surface area contributed by atoms with Crippen LogP contribution in [0.2, 0.25) is 5.02 Å². The summed E-state index contributed by atoms with van der Waals surface area (Å²) in [5.74, 6) is 0. The molecule has 1 aliphatic heterocycles. The topological polar surface area (TPSA) is 119 Å². The lowest BCUT2D eigenvalue weighted by Gasteiger charge is -2.41. The van der Waals surface area contributed by atoms with Crippen molar-refractivity contribution in [1.29, 1.82) is 5.26 Å². The summed E-state index contributed by atoms with van der Waals surface area (Å²) in [6, 6.07) is 10.8. The number of rotatable bonds is 3. The quantitative estimate of drug-likeness (QED) is 0.556. The van der Waals surface area contributed by atoms with Crippen LogP contribution in [0.5, 0.6) is 0 Å². The van der Waals surface area contributed by atoms with Gasteiger partial charge in [0.15, 0.2) is 6.23 Å². The molecule has 1 aromatic heterocycles. The molecule has 0 unspecified atom stereocenters. The Hall–Kier alpha value is -1.83. The molecule has 7 nitrogen and oxygen atoms in total. The van der Waals surface area contributed by atoms with Gasteiger partial charge in [-0.1, -0.05) is 36.0 Å². The van der Waals surface area contributed by atoms with Crippen LogP contribution in [0, 0.1) is 22.9 Å². The Kier molecular flexibility index (Phi) is 6.17. The number of nitriles is 1. The van der Waals surface area contributed by atoms with E-state index in [1.54, 1.807) is 37.3 Å². The number of ether oxygens (including phenoxy) is 1. The molecule has 3 rings (SSSR count). The van der Waals surface area contributed by atoms with Crippen molar-refractivity contribution in [3.05, 3.63) is 51.3 Å². The molecule has 0 radical (unpaired) electrons. The minimum Gasteiger partial charge on any atom is -0.394 e. The van der Waals surface area contributed by atoms with Crippen LogP contribution in [-0.4, -0.2) is 56.0 Å². The van der Waals surface area contributed by atoms with Crippen molar-refractivity contribution in [3.63, 3.8) is 0 Å². The molecule has 1 aliphatic rings. The van der Waals surface area contributed by atoms with Crippen molar-refractivity contribution in [2.45, 2.75) is 37.6 Å². The number of hydrogen-bond acceptors (Lipinski definition) is 7. The van der Waals surface area contributed by atoms with E-state index in [9.17, 15) is 25.7 Å². The van der Waals surface area contributed by atoms with Gasteiger partial charge in [0.25, 0.3) is 0 Å². The number of aliphatic hydroxyl groups excluding tert-OH is 4. The maximum Gasteiger partial charge on any atom is 0.164 e. The molecule has 0 amide bonds. The second kappa shape index (κ2) is 8.27. The first-order chi connectivity index (χ1) is 13.3. The molecule has 0 spiro atoms. The molecular weight excluding hydrogens is 404 g/mol. The molecule has 2 heterocycles. The first kappa shape index (κ1) is 20.9. The van der Waals surface area contributed by atoms with Gasteiger partial charge in [-0.25, -0.2) is 0 Å². The zero-order chi connectivity index (χ0) is 20.6. The van der Waals surface area contributed by atoms with E-state index in [0.717, 1.165) is 5.56 Å². The minimum atomic E-state index is -1.54. The summed E-state index contributed by atoms with van der Waals surface area (Å²) in [7, 11) is 0. The average molecular weight is 423 g/mol. The van der Waals surface area contributed by atoms with Gasteiger partial charge in [-0.2, -0.15) is 5.26 Å². The van der Waals surface area contributed by atoms with Crippen LogP contribution in [0.3, 0.4) is 0 Å². The fourth-order valence-electron chi connectivity index (χ4n) is 3.32. The van der Waals surface area contributed by atoms with Crippen molar-refractivity contribution in [1.82, 2.24) is 4.57 Å². The third-order valence-corrected chi connectivity index (χ3v) is 5.48. The molecule has 1 saturated heterocycles. The van der Waals surface area contributed by atoms with E-state index in [1.807, 2.05) is 0 Å². The van der Waals surface area contributed by atoms with E-state index < -0.39 is 37.3 Å². The van der Waals surface area contributed by atoms with E-state index in [-0.39, 0.29) is 10.2 Å². The first-order valence-corrected chi connectivity index (χ1v) is 9.31. The molecule has 0 bridgehead atoms.